The lowest BCUT2D eigenvalue weighted by atomic mass is 10.2. The summed E-state index contributed by atoms with van der Waals surface area (Å²) in [6, 6.07) is 3.64. The maximum atomic E-state index is 12.0. The topological polar surface area (TPSA) is 95.9 Å². The fourth-order valence-corrected chi connectivity index (χ4v) is 4.12. The molecule has 1 fully saturated rings. The van der Waals surface area contributed by atoms with E-state index in [0.717, 1.165) is 62.2 Å². The molecule has 33 heavy (non-hydrogen) atoms. The Balaban J connectivity index is 1.44. The van der Waals surface area contributed by atoms with Crippen molar-refractivity contribution in [1.82, 2.24) is 15.0 Å². The summed E-state index contributed by atoms with van der Waals surface area (Å²) in [6.07, 6.45) is 7.55. The van der Waals surface area contributed by atoms with Gasteiger partial charge in [-0.05, 0) is 51.5 Å². The minimum absolute atomic E-state index is 0.125. The van der Waals surface area contributed by atoms with E-state index in [1.54, 1.807) is 13.1 Å². The molecule has 1 saturated heterocycles. The first kappa shape index (κ1) is 23.4. The number of pyridine rings is 1. The van der Waals surface area contributed by atoms with Crippen LogP contribution in [-0.2, 0) is 31.8 Å². The zero-order valence-electron chi connectivity index (χ0n) is 19.4. The molecule has 3 heterocycles. The number of aromatic nitrogens is 3. The molecule has 4 rings (SSSR count). The van der Waals surface area contributed by atoms with Gasteiger partial charge in [-0.3, -0.25) is 9.78 Å². The molecule has 9 nitrogen and oxygen atoms in total. The van der Waals surface area contributed by atoms with E-state index in [1.165, 1.54) is 0 Å². The minimum atomic E-state index is -0.277. The number of carbonyl (C=O) groups excluding carboxylic acids is 1. The van der Waals surface area contributed by atoms with Crippen LogP contribution in [0.3, 0.4) is 0 Å². The second-order valence-electron chi connectivity index (χ2n) is 8.20. The van der Waals surface area contributed by atoms with Crippen LogP contribution in [0.4, 0.5) is 5.82 Å². The van der Waals surface area contributed by atoms with Gasteiger partial charge in [0.05, 0.1) is 13.2 Å². The summed E-state index contributed by atoms with van der Waals surface area (Å²) >= 11 is 0. The Morgan fingerprint density at radius 3 is 2.94 bits per heavy atom. The Morgan fingerprint density at radius 2 is 2.12 bits per heavy atom. The standard InChI is InChI=1S/C24H32N4O5/c1-3-30-21(29)16-28(2)24-18-7-6-8-19(18)26-23(27-24)20-15-17(10-11-25-20)31-13-14-33-22-9-4-5-12-32-22/h10-11,15,22H,3-9,12-14,16H2,1-2H3. The van der Waals surface area contributed by atoms with Crippen molar-refractivity contribution in [3.8, 4) is 17.3 Å². The maximum absolute atomic E-state index is 12.0. The van der Waals surface area contributed by atoms with Crippen LogP contribution in [0.2, 0.25) is 0 Å². The van der Waals surface area contributed by atoms with Crippen molar-refractivity contribution >= 4 is 11.8 Å². The number of carbonyl (C=O) groups is 1. The zero-order valence-corrected chi connectivity index (χ0v) is 19.4. The van der Waals surface area contributed by atoms with E-state index in [1.807, 2.05) is 24.1 Å². The highest BCUT2D eigenvalue weighted by Crippen LogP contribution is 2.31. The predicted octanol–water partition coefficient (Wildman–Crippen LogP) is 2.95. The van der Waals surface area contributed by atoms with E-state index in [9.17, 15) is 4.79 Å². The largest absolute Gasteiger partial charge is 0.491 e. The fraction of sp³-hybridized carbons (Fsp3) is 0.583. The van der Waals surface area contributed by atoms with Crippen molar-refractivity contribution in [1.29, 1.82) is 0 Å². The first-order chi connectivity index (χ1) is 16.1. The number of likely N-dealkylation sites (N-methyl/N-ethyl adjacent to an activating group) is 1. The van der Waals surface area contributed by atoms with E-state index in [-0.39, 0.29) is 18.8 Å². The van der Waals surface area contributed by atoms with Gasteiger partial charge in [0.25, 0.3) is 0 Å². The molecule has 0 N–H and O–H groups in total. The Bertz CT molecular complexity index is 948. The van der Waals surface area contributed by atoms with Gasteiger partial charge < -0.3 is 23.8 Å². The zero-order chi connectivity index (χ0) is 23.0. The highest BCUT2D eigenvalue weighted by atomic mass is 16.7. The number of hydrogen-bond acceptors (Lipinski definition) is 9. The molecule has 2 aromatic rings. The molecule has 0 radical (unpaired) electrons. The van der Waals surface area contributed by atoms with Crippen LogP contribution < -0.4 is 9.64 Å². The predicted molar refractivity (Wildman–Crippen MR) is 122 cm³/mol. The number of nitrogens with zero attached hydrogens (tertiary/aromatic N) is 4. The molecule has 0 saturated carbocycles. The summed E-state index contributed by atoms with van der Waals surface area (Å²) in [5.41, 5.74) is 2.74. The molecule has 178 valence electrons. The van der Waals surface area contributed by atoms with Crippen LogP contribution in [0.1, 0.15) is 43.9 Å². The number of ether oxygens (including phenoxy) is 4. The Hall–Kier alpha value is -2.78. The van der Waals surface area contributed by atoms with E-state index in [4.69, 9.17) is 28.9 Å². The van der Waals surface area contributed by atoms with Crippen LogP contribution in [-0.4, -0.2) is 67.2 Å². The number of aryl methyl sites for hydroxylation is 1. The average Bonchev–Trinajstić information content (AvgIpc) is 3.31. The monoisotopic (exact) mass is 456 g/mol. The number of fused-ring (bicyclic) bond motifs is 1. The normalized spacial score (nSPS) is 17.5. The lowest BCUT2D eigenvalue weighted by Gasteiger charge is -2.22. The van der Waals surface area contributed by atoms with Crippen molar-refractivity contribution in [2.75, 3.05) is 44.9 Å². The molecular weight excluding hydrogens is 424 g/mol. The molecule has 2 aliphatic rings. The van der Waals surface area contributed by atoms with Gasteiger partial charge in [0, 0.05) is 37.2 Å². The molecule has 2 aromatic heterocycles. The van der Waals surface area contributed by atoms with Crippen molar-refractivity contribution < 1.29 is 23.7 Å². The van der Waals surface area contributed by atoms with Gasteiger partial charge in [0.2, 0.25) is 0 Å². The molecule has 0 aromatic carbocycles. The van der Waals surface area contributed by atoms with Gasteiger partial charge in [-0.15, -0.1) is 0 Å². The summed E-state index contributed by atoms with van der Waals surface area (Å²) < 4.78 is 22.3. The van der Waals surface area contributed by atoms with Crippen LogP contribution in [0, 0.1) is 0 Å². The smallest absolute Gasteiger partial charge is 0.325 e. The molecule has 1 aliphatic heterocycles. The molecular formula is C24H32N4O5. The molecule has 0 spiro atoms. The van der Waals surface area contributed by atoms with E-state index in [2.05, 4.69) is 4.98 Å². The highest BCUT2D eigenvalue weighted by molar-refractivity contribution is 5.76. The first-order valence-electron chi connectivity index (χ1n) is 11.7. The molecule has 9 heteroatoms. The van der Waals surface area contributed by atoms with Crippen molar-refractivity contribution in [2.24, 2.45) is 0 Å². The molecule has 0 amide bonds. The number of rotatable bonds is 10. The number of esters is 1. The Kier molecular flexibility index (Phi) is 8.06. The van der Waals surface area contributed by atoms with Crippen LogP contribution >= 0.6 is 0 Å². The van der Waals surface area contributed by atoms with Gasteiger partial charge in [0.15, 0.2) is 12.1 Å². The fourth-order valence-electron chi connectivity index (χ4n) is 4.12. The second-order valence-corrected chi connectivity index (χ2v) is 8.20. The highest BCUT2D eigenvalue weighted by Gasteiger charge is 2.24. The van der Waals surface area contributed by atoms with Gasteiger partial charge in [-0.2, -0.15) is 0 Å². The first-order valence-corrected chi connectivity index (χ1v) is 11.7. The molecule has 0 bridgehead atoms. The summed E-state index contributed by atoms with van der Waals surface area (Å²) in [6.45, 7) is 3.93. The van der Waals surface area contributed by atoms with Gasteiger partial charge in [0.1, 0.15) is 30.4 Å². The van der Waals surface area contributed by atoms with Gasteiger partial charge >= 0.3 is 5.97 Å². The lowest BCUT2D eigenvalue weighted by Crippen LogP contribution is -2.29. The third-order valence-electron chi connectivity index (χ3n) is 5.70. The summed E-state index contributed by atoms with van der Waals surface area (Å²) in [5, 5.41) is 0. The third kappa shape index (κ3) is 6.17. The van der Waals surface area contributed by atoms with E-state index in [0.29, 0.717) is 37.1 Å². The van der Waals surface area contributed by atoms with Crippen molar-refractivity contribution in [3.63, 3.8) is 0 Å². The average molecular weight is 457 g/mol. The quantitative estimate of drug-likeness (QED) is 0.395. The molecule has 1 aliphatic carbocycles. The Morgan fingerprint density at radius 1 is 1.21 bits per heavy atom. The summed E-state index contributed by atoms with van der Waals surface area (Å²) in [5.74, 6) is 1.69. The van der Waals surface area contributed by atoms with Crippen LogP contribution in [0.15, 0.2) is 18.3 Å². The van der Waals surface area contributed by atoms with Crippen molar-refractivity contribution in [3.05, 3.63) is 29.6 Å². The van der Waals surface area contributed by atoms with Crippen LogP contribution in [0.5, 0.6) is 5.75 Å². The number of anilines is 1. The maximum Gasteiger partial charge on any atom is 0.325 e. The van der Waals surface area contributed by atoms with Crippen LogP contribution in [0.25, 0.3) is 11.5 Å². The van der Waals surface area contributed by atoms with E-state index >= 15 is 0 Å². The molecule has 1 unspecified atom stereocenters. The Labute approximate surface area is 194 Å². The summed E-state index contributed by atoms with van der Waals surface area (Å²) in [7, 11) is 1.85. The van der Waals surface area contributed by atoms with Gasteiger partial charge in [-0.1, -0.05) is 0 Å². The van der Waals surface area contributed by atoms with E-state index < -0.39 is 0 Å². The third-order valence-corrected chi connectivity index (χ3v) is 5.70. The SMILES string of the molecule is CCOC(=O)CN(C)c1nc(-c2cc(OCCOC3CCCCO3)ccn2)nc2c1CCC2. The molecule has 1 atom stereocenters. The van der Waals surface area contributed by atoms with Gasteiger partial charge in [-0.25, -0.2) is 9.97 Å². The summed E-state index contributed by atoms with van der Waals surface area (Å²) in [4.78, 5) is 27.8. The second kappa shape index (κ2) is 11.4. The van der Waals surface area contributed by atoms with Crippen molar-refractivity contribution in [2.45, 2.75) is 51.7 Å². The number of hydrogen-bond donors (Lipinski definition) is 0. The lowest BCUT2D eigenvalue weighted by molar-refractivity contribution is -0.165. The minimum Gasteiger partial charge on any atom is -0.491 e.